The fourth-order valence-electron chi connectivity index (χ4n) is 8.37. The lowest BCUT2D eigenvalue weighted by molar-refractivity contribution is -0.145. The minimum absolute atomic E-state index is 0.0713. The van der Waals surface area contributed by atoms with Crippen LogP contribution in [0.2, 0.25) is 0 Å². The summed E-state index contributed by atoms with van der Waals surface area (Å²) in [6, 6.07) is 4.82. The minimum atomic E-state index is -1.56. The van der Waals surface area contributed by atoms with Crippen molar-refractivity contribution in [1.82, 2.24) is 50.8 Å². The van der Waals surface area contributed by atoms with E-state index >= 15 is 0 Å². The number of carbonyl (C=O) groups is 11. The smallest absolute Gasteiger partial charge is 0.326 e. The summed E-state index contributed by atoms with van der Waals surface area (Å²) in [6.07, 6.45) is 1.80. The van der Waals surface area contributed by atoms with Crippen LogP contribution in [0.25, 0.3) is 0 Å². The monoisotopic (exact) mass is 1180 g/mol. The van der Waals surface area contributed by atoms with E-state index in [4.69, 9.17) is 5.11 Å². The summed E-state index contributed by atoms with van der Waals surface area (Å²) in [5, 5.41) is 76.5. The number of pyridine rings is 1. The molecule has 1 aromatic carbocycles. The van der Waals surface area contributed by atoms with Crippen molar-refractivity contribution in [1.29, 1.82) is 0 Å². The third-order valence-electron chi connectivity index (χ3n) is 12.6. The van der Waals surface area contributed by atoms with E-state index in [-0.39, 0.29) is 142 Å². The molecule has 3 atom stereocenters. The van der Waals surface area contributed by atoms with Gasteiger partial charge in [-0.05, 0) is 90.2 Å². The predicted octanol–water partition coefficient (Wildman–Crippen LogP) is 0.339. The first-order valence-corrected chi connectivity index (χ1v) is 26.3. The molecule has 0 bridgehead atoms. The number of nitrogens with zero attached hydrogens (tertiary/aromatic N) is 6. The Balaban J connectivity index is 1.49. The molecule has 1 aromatic heterocycles. The molecular weight excluding hydrogens is 1110 g/mol. The highest BCUT2D eigenvalue weighted by molar-refractivity contribution is 9.10. The molecule has 0 aliphatic carbocycles. The summed E-state index contributed by atoms with van der Waals surface area (Å²) < 4.78 is 0.582. The van der Waals surface area contributed by atoms with Gasteiger partial charge < -0.3 is 61.9 Å². The maximum atomic E-state index is 13.8. The Labute approximate surface area is 463 Å². The Morgan fingerprint density at radius 1 is 0.544 bits per heavy atom. The highest BCUT2D eigenvalue weighted by Crippen LogP contribution is 2.16. The molecule has 1 aliphatic rings. The standard InChI is InChI=1S/C50H71BrN10O18/c51-39-14-9-34(28-53-39)29-61(18-4-2-5-36(47(73)74)55-50(79)56-37(48(75)76)12-16-42(64)65)46(72)35-10-7-33(8-11-35)27-54-40(62)6-1-3-17-52-41(63)15-13-38(49(77)78)60-25-23-58(31-44(68)69)21-19-57(30-43(66)67)20-22-59(24-26-60)32-45(70)71/h7-11,14,28,36-38H,1-6,12-13,15-27,29-32H2,(H,52,63)(H,54,62)(H,64,65)(H,66,67)(H,68,69)(H,70,71)(H,73,74)(H,75,76)(H,77,78)(H2,55,56,79)/t36-,37-,38?/m0/s1. The molecule has 0 spiro atoms. The summed E-state index contributed by atoms with van der Waals surface area (Å²) in [5.41, 5.74) is 1.73. The Morgan fingerprint density at radius 2 is 1.06 bits per heavy atom. The maximum Gasteiger partial charge on any atom is 0.326 e. The largest absolute Gasteiger partial charge is 0.481 e. The highest BCUT2D eigenvalue weighted by Gasteiger charge is 2.30. The number of carbonyl (C=O) groups excluding carboxylic acids is 4. The second-order valence-electron chi connectivity index (χ2n) is 18.8. The number of urea groups is 1. The number of carboxylic acids is 7. The highest BCUT2D eigenvalue weighted by atomic mass is 79.9. The second-order valence-corrected chi connectivity index (χ2v) is 19.6. The van der Waals surface area contributed by atoms with Crippen molar-refractivity contribution in [2.45, 2.75) is 95.4 Å². The van der Waals surface area contributed by atoms with Crippen LogP contribution in [-0.2, 0) is 56.2 Å². The van der Waals surface area contributed by atoms with Gasteiger partial charge in [0.15, 0.2) is 0 Å². The van der Waals surface area contributed by atoms with Gasteiger partial charge in [-0.3, -0.25) is 58.0 Å². The summed E-state index contributed by atoms with van der Waals surface area (Å²) in [4.78, 5) is 146. The Bertz CT molecular complexity index is 2350. The zero-order chi connectivity index (χ0) is 58.4. The molecule has 0 saturated carbocycles. The van der Waals surface area contributed by atoms with E-state index < -0.39 is 84.7 Å². The van der Waals surface area contributed by atoms with E-state index in [0.717, 1.165) is 0 Å². The number of aromatic nitrogens is 1. The lowest BCUT2D eigenvalue weighted by atomic mass is 10.1. The van der Waals surface area contributed by atoms with Crippen LogP contribution < -0.4 is 21.3 Å². The number of rotatable bonds is 33. The molecule has 1 fully saturated rings. The van der Waals surface area contributed by atoms with Gasteiger partial charge >= 0.3 is 47.8 Å². The molecule has 29 heteroatoms. The number of nitrogens with one attached hydrogen (secondary N) is 4. The molecule has 79 heavy (non-hydrogen) atoms. The molecule has 2 aromatic rings. The van der Waals surface area contributed by atoms with Crippen LogP contribution in [0.5, 0.6) is 0 Å². The van der Waals surface area contributed by atoms with Crippen LogP contribution in [0.1, 0.15) is 85.7 Å². The van der Waals surface area contributed by atoms with Crippen molar-refractivity contribution >= 4 is 81.5 Å². The summed E-state index contributed by atoms with van der Waals surface area (Å²) in [6.45, 7) is 0.609. The van der Waals surface area contributed by atoms with Crippen LogP contribution in [0.3, 0.4) is 0 Å². The first kappa shape index (κ1) is 65.9. The van der Waals surface area contributed by atoms with Crippen LogP contribution in [-0.4, -0.2) is 234 Å². The van der Waals surface area contributed by atoms with Gasteiger partial charge in [0.05, 0.1) is 19.6 Å². The van der Waals surface area contributed by atoms with Gasteiger partial charge in [-0.15, -0.1) is 0 Å². The van der Waals surface area contributed by atoms with Crippen molar-refractivity contribution in [3.8, 4) is 0 Å². The van der Waals surface area contributed by atoms with E-state index in [1.807, 2.05) is 0 Å². The lowest BCUT2D eigenvalue weighted by Crippen LogP contribution is -2.52. The molecule has 1 aliphatic heterocycles. The zero-order valence-electron chi connectivity index (χ0n) is 43.6. The van der Waals surface area contributed by atoms with Crippen LogP contribution in [0.15, 0.2) is 47.2 Å². The Kier molecular flexibility index (Phi) is 29.4. The number of amides is 5. The molecular formula is C50H71BrN10O18. The fourth-order valence-corrected chi connectivity index (χ4v) is 8.61. The number of aliphatic carboxylic acids is 7. The second kappa shape index (κ2) is 35.2. The molecule has 1 unspecified atom stereocenters. The SMILES string of the molecule is O=C(O)CC[C@H](NC(=O)N[C@@H](CCCCN(Cc1ccc(Br)nc1)C(=O)c1ccc(CNC(=O)CCCCNC(=O)CCC(C(=O)O)N2CCN(CC(=O)O)CCN(CC(=O)O)CCN(CC(=O)O)CC2)cc1)C(=O)O)C(=O)O. The Morgan fingerprint density at radius 3 is 1.56 bits per heavy atom. The molecule has 5 amide bonds. The Hall–Kier alpha value is -7.34. The predicted molar refractivity (Wildman–Crippen MR) is 282 cm³/mol. The fraction of sp³-hybridized carbons (Fsp3) is 0.560. The number of halogens is 1. The van der Waals surface area contributed by atoms with Gasteiger partial charge in [0.1, 0.15) is 22.7 Å². The van der Waals surface area contributed by atoms with Crippen LogP contribution >= 0.6 is 15.9 Å². The van der Waals surface area contributed by atoms with Gasteiger partial charge in [-0.2, -0.15) is 0 Å². The van der Waals surface area contributed by atoms with E-state index in [9.17, 15) is 83.4 Å². The van der Waals surface area contributed by atoms with E-state index in [2.05, 4.69) is 42.2 Å². The van der Waals surface area contributed by atoms with Gasteiger partial charge in [0, 0.05) is 110 Å². The van der Waals surface area contributed by atoms with Crippen LogP contribution in [0, 0.1) is 0 Å². The lowest BCUT2D eigenvalue weighted by Gasteiger charge is -2.35. The number of hydrogen-bond acceptors (Lipinski definition) is 16. The first-order valence-electron chi connectivity index (χ1n) is 25.5. The van der Waals surface area contributed by atoms with E-state index in [0.29, 0.717) is 40.6 Å². The van der Waals surface area contributed by atoms with Crippen molar-refractivity contribution in [2.75, 3.05) is 85.1 Å². The number of hydrogen-bond donors (Lipinski definition) is 11. The topological polar surface area (TPSA) is 407 Å². The minimum Gasteiger partial charge on any atom is -0.481 e. The molecule has 0 radical (unpaired) electrons. The quantitative estimate of drug-likeness (QED) is 0.0339. The normalized spacial score (nSPS) is 15.2. The number of carboxylic acid groups (broad SMARTS) is 7. The molecule has 2 heterocycles. The summed E-state index contributed by atoms with van der Waals surface area (Å²) in [5.74, 6) is -9.75. The third kappa shape index (κ3) is 27.2. The average molecular weight is 1180 g/mol. The van der Waals surface area contributed by atoms with Gasteiger partial charge in [0.2, 0.25) is 11.8 Å². The van der Waals surface area contributed by atoms with Gasteiger partial charge in [0.25, 0.3) is 5.91 Å². The molecule has 1 saturated heterocycles. The molecule has 3 rings (SSSR count). The molecule has 436 valence electrons. The zero-order valence-corrected chi connectivity index (χ0v) is 45.2. The molecule has 11 N–H and O–H groups in total. The van der Waals surface area contributed by atoms with Gasteiger partial charge in [-0.25, -0.2) is 19.4 Å². The van der Waals surface area contributed by atoms with Crippen molar-refractivity contribution in [3.05, 3.63) is 63.9 Å². The summed E-state index contributed by atoms with van der Waals surface area (Å²) >= 11 is 3.29. The average Bonchev–Trinajstić information content (AvgIpc) is 3.37. The van der Waals surface area contributed by atoms with Crippen molar-refractivity contribution < 1.29 is 88.5 Å². The third-order valence-corrected chi connectivity index (χ3v) is 13.1. The van der Waals surface area contributed by atoms with Crippen molar-refractivity contribution in [3.63, 3.8) is 0 Å². The summed E-state index contributed by atoms with van der Waals surface area (Å²) in [7, 11) is 0. The van der Waals surface area contributed by atoms with E-state index in [1.54, 1.807) is 67.1 Å². The van der Waals surface area contributed by atoms with Gasteiger partial charge in [-0.1, -0.05) is 18.2 Å². The molecule has 28 nitrogen and oxygen atoms in total. The first-order chi connectivity index (χ1) is 37.5. The van der Waals surface area contributed by atoms with Crippen molar-refractivity contribution in [2.24, 2.45) is 0 Å². The maximum absolute atomic E-state index is 13.8. The van der Waals surface area contributed by atoms with Crippen LogP contribution in [0.4, 0.5) is 4.79 Å². The number of benzene rings is 1. The number of unbranched alkanes of at least 4 members (excludes halogenated alkanes) is 2. The van der Waals surface area contributed by atoms with E-state index in [1.165, 1.54) is 0 Å².